The smallest absolute Gasteiger partial charge is 0.0411 e. The number of hydrogen-bond donors (Lipinski definition) is 0. The molecule has 0 saturated heterocycles. The van der Waals surface area contributed by atoms with Crippen molar-refractivity contribution in [1.29, 1.82) is 0 Å². The predicted molar refractivity (Wildman–Crippen MR) is 69.0 cm³/mol. The molecule has 1 rings (SSSR count). The van der Waals surface area contributed by atoms with Gasteiger partial charge in [0.05, 0.1) is 0 Å². The van der Waals surface area contributed by atoms with E-state index in [0.717, 1.165) is 17.8 Å². The highest BCUT2D eigenvalue weighted by Gasteiger charge is 2.20. The fraction of sp³-hybridized carbons (Fsp3) is 1.00. The minimum atomic E-state index is 1.01. The molecular weight excluding hydrogens is 180 g/mol. The summed E-state index contributed by atoms with van der Waals surface area (Å²) in [5.41, 5.74) is 0. The van der Waals surface area contributed by atoms with Gasteiger partial charge < -0.3 is 0 Å². The zero-order valence-electron chi connectivity index (χ0n) is 11.1. The Morgan fingerprint density at radius 3 is 2.27 bits per heavy atom. The van der Waals surface area contributed by atoms with Gasteiger partial charge in [-0.3, -0.25) is 0 Å². The van der Waals surface area contributed by atoms with Gasteiger partial charge in [0.2, 0.25) is 0 Å². The molecule has 0 aromatic carbocycles. The summed E-state index contributed by atoms with van der Waals surface area (Å²) in [7, 11) is 0. The Labute approximate surface area is 96.8 Å². The molecule has 15 heavy (non-hydrogen) atoms. The summed E-state index contributed by atoms with van der Waals surface area (Å²) < 4.78 is 0. The average Bonchev–Trinajstić information content (AvgIpc) is 2.27. The summed E-state index contributed by atoms with van der Waals surface area (Å²) in [5, 5.41) is 0. The molecule has 0 nitrogen and oxygen atoms in total. The maximum absolute atomic E-state index is 2.42. The topological polar surface area (TPSA) is 0 Å². The summed E-state index contributed by atoms with van der Waals surface area (Å²) in [6.45, 7) is 7.12. The van der Waals surface area contributed by atoms with Crippen LogP contribution in [0.25, 0.3) is 0 Å². The van der Waals surface area contributed by atoms with Crippen molar-refractivity contribution in [2.24, 2.45) is 17.8 Å². The molecule has 1 fully saturated rings. The third-order valence-corrected chi connectivity index (χ3v) is 4.35. The molecular formula is C15H30. The molecule has 0 N–H and O–H groups in total. The van der Waals surface area contributed by atoms with Crippen LogP contribution in [0.1, 0.15) is 78.6 Å². The van der Waals surface area contributed by atoms with Crippen molar-refractivity contribution in [3.8, 4) is 0 Å². The van der Waals surface area contributed by atoms with E-state index in [1.54, 1.807) is 0 Å². The van der Waals surface area contributed by atoms with E-state index in [1.807, 2.05) is 0 Å². The van der Waals surface area contributed by atoms with Crippen molar-refractivity contribution in [1.82, 2.24) is 0 Å². The molecule has 0 aromatic rings. The Kier molecular flexibility index (Phi) is 6.36. The van der Waals surface area contributed by atoms with Gasteiger partial charge in [-0.1, -0.05) is 72.1 Å². The normalized spacial score (nSPS) is 29.0. The first-order valence-electron chi connectivity index (χ1n) is 7.26. The van der Waals surface area contributed by atoms with Crippen LogP contribution >= 0.6 is 0 Å². The molecule has 0 aromatic heterocycles. The van der Waals surface area contributed by atoms with Crippen LogP contribution in [0, 0.1) is 17.8 Å². The molecule has 0 aliphatic heterocycles. The quantitative estimate of drug-likeness (QED) is 0.549. The van der Waals surface area contributed by atoms with E-state index in [1.165, 1.54) is 57.8 Å². The monoisotopic (exact) mass is 210 g/mol. The van der Waals surface area contributed by atoms with Crippen molar-refractivity contribution in [2.45, 2.75) is 78.6 Å². The average molecular weight is 210 g/mol. The minimum Gasteiger partial charge on any atom is -0.0654 e. The predicted octanol–water partition coefficient (Wildman–Crippen LogP) is 5.42. The second kappa shape index (κ2) is 7.30. The fourth-order valence-corrected chi connectivity index (χ4v) is 3.02. The first-order chi connectivity index (χ1) is 7.26. The molecule has 90 valence electrons. The van der Waals surface area contributed by atoms with Gasteiger partial charge in [-0.15, -0.1) is 0 Å². The molecule has 1 saturated carbocycles. The molecule has 0 spiro atoms. The SMILES string of the molecule is CCCCC(CC)CC1CCC(C)CC1. The van der Waals surface area contributed by atoms with Gasteiger partial charge in [-0.25, -0.2) is 0 Å². The Morgan fingerprint density at radius 1 is 1.07 bits per heavy atom. The molecule has 1 atom stereocenters. The summed E-state index contributed by atoms with van der Waals surface area (Å²) in [6, 6.07) is 0. The standard InChI is InChI=1S/C15H30/c1-4-6-7-14(5-2)12-15-10-8-13(3)9-11-15/h13-15H,4-12H2,1-3H3. The lowest BCUT2D eigenvalue weighted by atomic mass is 9.77. The van der Waals surface area contributed by atoms with Crippen molar-refractivity contribution in [3.05, 3.63) is 0 Å². The highest BCUT2D eigenvalue weighted by Crippen LogP contribution is 2.34. The second-order valence-electron chi connectivity index (χ2n) is 5.78. The van der Waals surface area contributed by atoms with Crippen LogP contribution in [0.4, 0.5) is 0 Å². The first kappa shape index (κ1) is 13.1. The number of unbranched alkanes of at least 4 members (excludes halogenated alkanes) is 1. The van der Waals surface area contributed by atoms with Crippen LogP contribution < -0.4 is 0 Å². The Bertz CT molecular complexity index is 139. The Hall–Kier alpha value is 0. The molecule has 0 amide bonds. The van der Waals surface area contributed by atoms with Gasteiger partial charge in [0, 0.05) is 0 Å². The van der Waals surface area contributed by atoms with Crippen LogP contribution in [-0.2, 0) is 0 Å². The lowest BCUT2D eigenvalue weighted by Crippen LogP contribution is -2.15. The van der Waals surface area contributed by atoms with Crippen molar-refractivity contribution >= 4 is 0 Å². The van der Waals surface area contributed by atoms with E-state index >= 15 is 0 Å². The van der Waals surface area contributed by atoms with E-state index in [4.69, 9.17) is 0 Å². The van der Waals surface area contributed by atoms with Gasteiger partial charge in [-0.2, -0.15) is 0 Å². The molecule has 0 heterocycles. The highest BCUT2D eigenvalue weighted by atomic mass is 14.3. The summed E-state index contributed by atoms with van der Waals surface area (Å²) in [4.78, 5) is 0. The molecule has 1 aliphatic carbocycles. The lowest BCUT2D eigenvalue weighted by Gasteiger charge is -2.29. The highest BCUT2D eigenvalue weighted by molar-refractivity contribution is 4.73. The first-order valence-corrected chi connectivity index (χ1v) is 7.26. The zero-order chi connectivity index (χ0) is 11.1. The largest absolute Gasteiger partial charge is 0.0654 e. The van der Waals surface area contributed by atoms with E-state index in [0.29, 0.717) is 0 Å². The molecule has 0 heteroatoms. The number of rotatable bonds is 6. The lowest BCUT2D eigenvalue weighted by molar-refractivity contribution is 0.235. The molecule has 0 bridgehead atoms. The summed E-state index contributed by atoms with van der Waals surface area (Å²) >= 11 is 0. The van der Waals surface area contributed by atoms with Crippen LogP contribution in [0.2, 0.25) is 0 Å². The van der Waals surface area contributed by atoms with Gasteiger partial charge in [0.15, 0.2) is 0 Å². The van der Waals surface area contributed by atoms with E-state index in [-0.39, 0.29) is 0 Å². The Balaban J connectivity index is 2.19. The zero-order valence-corrected chi connectivity index (χ0v) is 11.1. The minimum absolute atomic E-state index is 1.01. The van der Waals surface area contributed by atoms with E-state index < -0.39 is 0 Å². The van der Waals surface area contributed by atoms with Gasteiger partial charge >= 0.3 is 0 Å². The van der Waals surface area contributed by atoms with Gasteiger partial charge in [0.1, 0.15) is 0 Å². The maximum atomic E-state index is 2.42. The molecule has 1 aliphatic rings. The maximum Gasteiger partial charge on any atom is -0.0411 e. The molecule has 0 radical (unpaired) electrons. The third kappa shape index (κ3) is 5.04. The third-order valence-electron chi connectivity index (χ3n) is 4.35. The van der Waals surface area contributed by atoms with Crippen LogP contribution in [-0.4, -0.2) is 0 Å². The van der Waals surface area contributed by atoms with Crippen molar-refractivity contribution in [2.75, 3.05) is 0 Å². The van der Waals surface area contributed by atoms with Crippen molar-refractivity contribution in [3.63, 3.8) is 0 Å². The second-order valence-corrected chi connectivity index (χ2v) is 5.78. The number of hydrogen-bond acceptors (Lipinski definition) is 0. The molecule has 1 unspecified atom stereocenters. The summed E-state index contributed by atoms with van der Waals surface area (Å²) in [5.74, 6) is 3.11. The van der Waals surface area contributed by atoms with Crippen LogP contribution in [0.5, 0.6) is 0 Å². The van der Waals surface area contributed by atoms with Crippen molar-refractivity contribution < 1.29 is 0 Å². The van der Waals surface area contributed by atoms with Gasteiger partial charge in [0.25, 0.3) is 0 Å². The summed E-state index contributed by atoms with van der Waals surface area (Å²) in [6.07, 6.45) is 13.3. The fourth-order valence-electron chi connectivity index (χ4n) is 3.02. The van der Waals surface area contributed by atoms with Crippen LogP contribution in [0.15, 0.2) is 0 Å². The van der Waals surface area contributed by atoms with E-state index in [9.17, 15) is 0 Å². The van der Waals surface area contributed by atoms with E-state index in [2.05, 4.69) is 20.8 Å². The van der Waals surface area contributed by atoms with Crippen LogP contribution in [0.3, 0.4) is 0 Å². The van der Waals surface area contributed by atoms with Gasteiger partial charge in [-0.05, 0) is 24.2 Å². The Morgan fingerprint density at radius 2 is 1.73 bits per heavy atom.